The van der Waals surface area contributed by atoms with E-state index in [4.69, 9.17) is 16.3 Å². The maximum atomic E-state index is 12.8. The van der Waals surface area contributed by atoms with Crippen molar-refractivity contribution in [2.24, 2.45) is 0 Å². The van der Waals surface area contributed by atoms with E-state index in [0.717, 1.165) is 5.69 Å². The van der Waals surface area contributed by atoms with Crippen molar-refractivity contribution >= 4 is 34.8 Å². The third-order valence-corrected chi connectivity index (χ3v) is 4.94. The minimum atomic E-state index is -4.94. The van der Waals surface area contributed by atoms with Gasteiger partial charge in [0.1, 0.15) is 5.75 Å². The highest BCUT2D eigenvalue weighted by molar-refractivity contribution is 6.31. The average Bonchev–Trinajstić information content (AvgIpc) is 2.73. The molecule has 6 nitrogen and oxygen atoms in total. The van der Waals surface area contributed by atoms with E-state index in [1.807, 2.05) is 10.2 Å². The summed E-state index contributed by atoms with van der Waals surface area (Å²) in [7, 11) is 1.48. The zero-order valence-electron chi connectivity index (χ0n) is 16.0. The number of methoxy groups -OCH3 is 1. The minimum Gasteiger partial charge on any atom is -0.496 e. The predicted octanol–water partition coefficient (Wildman–Crippen LogP) is 3.81. The number of alkyl halides is 3. The zero-order valence-corrected chi connectivity index (χ0v) is 16.8. The highest BCUT2D eigenvalue weighted by Crippen LogP contribution is 2.26. The van der Waals surface area contributed by atoms with E-state index < -0.39 is 12.1 Å². The molecule has 0 aliphatic carbocycles. The topological polar surface area (TPSA) is 61.9 Å². The molecule has 160 valence electrons. The van der Waals surface area contributed by atoms with Crippen molar-refractivity contribution in [1.29, 1.82) is 0 Å². The van der Waals surface area contributed by atoms with Gasteiger partial charge in [-0.05, 0) is 42.5 Å². The summed E-state index contributed by atoms with van der Waals surface area (Å²) >= 11 is 6.01. The summed E-state index contributed by atoms with van der Waals surface area (Å²) < 4.78 is 42.2. The lowest BCUT2D eigenvalue weighted by Gasteiger charge is -2.36. The molecule has 0 radical (unpaired) electrons. The Bertz CT molecular complexity index is 927. The van der Waals surface area contributed by atoms with E-state index in [2.05, 4.69) is 0 Å². The number of rotatable bonds is 4. The Morgan fingerprint density at radius 1 is 1.03 bits per heavy atom. The molecule has 30 heavy (non-hydrogen) atoms. The monoisotopic (exact) mass is 441 g/mol. The molecule has 1 aliphatic rings. The molecule has 1 heterocycles. The van der Waals surface area contributed by atoms with Gasteiger partial charge in [0.25, 0.3) is 5.91 Å². The Kier molecular flexibility index (Phi) is 6.40. The summed E-state index contributed by atoms with van der Waals surface area (Å²) in [4.78, 5) is 27.5. The lowest BCUT2D eigenvalue weighted by molar-refractivity contribution is -0.167. The number of carbonyl (C=O) groups excluding carboxylic acids is 2. The normalized spacial score (nSPS) is 14.4. The van der Waals surface area contributed by atoms with E-state index in [9.17, 15) is 22.8 Å². The van der Waals surface area contributed by atoms with E-state index in [1.165, 1.54) is 19.2 Å². The lowest BCUT2D eigenvalue weighted by Crippen LogP contribution is -2.48. The van der Waals surface area contributed by atoms with Crippen molar-refractivity contribution in [3.63, 3.8) is 0 Å². The molecule has 3 rings (SSSR count). The number of carbonyl (C=O) groups is 2. The number of ether oxygens (including phenoxy) is 1. The van der Waals surface area contributed by atoms with E-state index in [0.29, 0.717) is 42.5 Å². The second-order valence-corrected chi connectivity index (χ2v) is 7.06. The molecular weight excluding hydrogens is 423 g/mol. The Labute approximate surface area is 176 Å². The number of piperazine rings is 1. The SMILES string of the molecule is COc1ccc(Cl)cc1C(=O)N1CCN(c2ccc(NC(=O)C(F)(F)F)cc2)CC1. The first-order valence-electron chi connectivity index (χ1n) is 9.05. The summed E-state index contributed by atoms with van der Waals surface area (Å²) in [5, 5.41) is 2.25. The van der Waals surface area contributed by atoms with Crippen LogP contribution >= 0.6 is 11.6 Å². The van der Waals surface area contributed by atoms with Crippen molar-refractivity contribution in [3.05, 3.63) is 53.1 Å². The van der Waals surface area contributed by atoms with Gasteiger partial charge in [0.05, 0.1) is 12.7 Å². The van der Waals surface area contributed by atoms with Crippen LogP contribution in [-0.2, 0) is 4.79 Å². The van der Waals surface area contributed by atoms with Crippen LogP contribution in [0.25, 0.3) is 0 Å². The summed E-state index contributed by atoms with van der Waals surface area (Å²) in [6.07, 6.45) is -4.94. The first-order chi connectivity index (χ1) is 14.2. The number of hydrogen-bond donors (Lipinski definition) is 1. The molecule has 0 atom stereocenters. The van der Waals surface area contributed by atoms with Crippen LogP contribution < -0.4 is 15.0 Å². The van der Waals surface area contributed by atoms with Crippen molar-refractivity contribution in [2.45, 2.75) is 6.18 Å². The fraction of sp³-hybridized carbons (Fsp3) is 0.300. The molecule has 2 amide bonds. The van der Waals surface area contributed by atoms with Gasteiger partial charge in [-0.25, -0.2) is 0 Å². The quantitative estimate of drug-likeness (QED) is 0.783. The van der Waals surface area contributed by atoms with Gasteiger partial charge in [-0.1, -0.05) is 11.6 Å². The van der Waals surface area contributed by atoms with Crippen molar-refractivity contribution in [3.8, 4) is 5.75 Å². The zero-order chi connectivity index (χ0) is 21.9. The third kappa shape index (κ3) is 4.96. The molecule has 0 aromatic heterocycles. The summed E-state index contributed by atoms with van der Waals surface area (Å²) in [6, 6.07) is 10.9. The van der Waals surface area contributed by atoms with E-state index >= 15 is 0 Å². The maximum absolute atomic E-state index is 12.8. The number of amides is 2. The van der Waals surface area contributed by atoms with Crippen LogP contribution in [0.2, 0.25) is 5.02 Å². The summed E-state index contributed by atoms with van der Waals surface area (Å²) in [6.45, 7) is 2.01. The van der Waals surface area contributed by atoms with Crippen LogP contribution in [0.15, 0.2) is 42.5 Å². The van der Waals surface area contributed by atoms with Crippen LogP contribution in [0.5, 0.6) is 5.75 Å². The number of anilines is 2. The summed E-state index contributed by atoms with van der Waals surface area (Å²) in [5.41, 5.74) is 1.23. The first-order valence-corrected chi connectivity index (χ1v) is 9.43. The van der Waals surface area contributed by atoms with Crippen LogP contribution in [0.4, 0.5) is 24.5 Å². The fourth-order valence-corrected chi connectivity index (χ4v) is 3.32. The van der Waals surface area contributed by atoms with Crippen LogP contribution in [0.3, 0.4) is 0 Å². The number of nitrogens with zero attached hydrogens (tertiary/aromatic N) is 2. The van der Waals surface area contributed by atoms with Gasteiger partial charge in [0.15, 0.2) is 0 Å². The van der Waals surface area contributed by atoms with Gasteiger partial charge in [-0.2, -0.15) is 13.2 Å². The van der Waals surface area contributed by atoms with Gasteiger partial charge in [-0.3, -0.25) is 9.59 Å². The van der Waals surface area contributed by atoms with Gasteiger partial charge >= 0.3 is 12.1 Å². The van der Waals surface area contributed by atoms with Crippen molar-refractivity contribution in [1.82, 2.24) is 4.90 Å². The fourth-order valence-electron chi connectivity index (χ4n) is 3.14. The van der Waals surface area contributed by atoms with Crippen molar-refractivity contribution in [2.75, 3.05) is 43.5 Å². The molecule has 1 aliphatic heterocycles. The van der Waals surface area contributed by atoms with Gasteiger partial charge in [0.2, 0.25) is 0 Å². The molecule has 0 saturated carbocycles. The molecular formula is C20H19ClF3N3O3. The summed E-state index contributed by atoms with van der Waals surface area (Å²) in [5.74, 6) is -1.75. The van der Waals surface area contributed by atoms with Crippen molar-refractivity contribution < 1.29 is 27.5 Å². The Balaban J connectivity index is 1.61. The van der Waals surface area contributed by atoms with Gasteiger partial charge < -0.3 is 19.9 Å². The Hall–Kier alpha value is -2.94. The van der Waals surface area contributed by atoms with E-state index in [1.54, 1.807) is 35.2 Å². The molecule has 1 fully saturated rings. The number of nitrogens with one attached hydrogen (secondary N) is 1. The lowest BCUT2D eigenvalue weighted by atomic mass is 10.1. The van der Waals surface area contributed by atoms with Crippen LogP contribution in [-0.4, -0.2) is 56.2 Å². The number of benzene rings is 2. The highest BCUT2D eigenvalue weighted by Gasteiger charge is 2.38. The maximum Gasteiger partial charge on any atom is 0.471 e. The average molecular weight is 442 g/mol. The molecule has 0 spiro atoms. The Morgan fingerprint density at radius 3 is 2.23 bits per heavy atom. The largest absolute Gasteiger partial charge is 0.496 e. The molecule has 2 aromatic rings. The number of hydrogen-bond acceptors (Lipinski definition) is 4. The second-order valence-electron chi connectivity index (χ2n) is 6.62. The van der Waals surface area contributed by atoms with E-state index in [-0.39, 0.29) is 11.6 Å². The smallest absolute Gasteiger partial charge is 0.471 e. The minimum absolute atomic E-state index is 0.0583. The van der Waals surface area contributed by atoms with Gasteiger partial charge in [0, 0.05) is 42.6 Å². The standard InChI is InChI=1S/C20H19ClF3N3O3/c1-30-17-7-2-13(21)12-16(17)18(28)27-10-8-26(9-11-27)15-5-3-14(4-6-15)25-19(29)20(22,23)24/h2-7,12H,8-11H2,1H3,(H,25,29). The highest BCUT2D eigenvalue weighted by atomic mass is 35.5. The molecule has 10 heteroatoms. The van der Waals surface area contributed by atoms with Gasteiger partial charge in [-0.15, -0.1) is 0 Å². The molecule has 2 aromatic carbocycles. The van der Waals surface area contributed by atoms with Crippen LogP contribution in [0, 0.1) is 0 Å². The number of halogens is 4. The van der Waals surface area contributed by atoms with Crippen LogP contribution in [0.1, 0.15) is 10.4 Å². The second kappa shape index (κ2) is 8.83. The molecule has 1 saturated heterocycles. The first kappa shape index (κ1) is 21.8. The third-order valence-electron chi connectivity index (χ3n) is 4.71. The molecule has 0 bridgehead atoms. The Morgan fingerprint density at radius 2 is 1.67 bits per heavy atom. The molecule has 0 unspecified atom stereocenters. The predicted molar refractivity (Wildman–Crippen MR) is 107 cm³/mol. The molecule has 1 N–H and O–H groups in total.